The molecule has 0 saturated carbocycles. The number of imidazole rings is 1. The lowest BCUT2D eigenvalue weighted by molar-refractivity contribution is 0.0464. The number of fused-ring (bicyclic) bond motifs is 1. The first-order valence-electron chi connectivity index (χ1n) is 5.59. The first-order valence-corrected chi connectivity index (χ1v) is 5.59. The van der Waals surface area contributed by atoms with Gasteiger partial charge in [0, 0.05) is 19.6 Å². The van der Waals surface area contributed by atoms with E-state index in [1.807, 2.05) is 0 Å². The molecule has 1 aliphatic heterocycles. The van der Waals surface area contributed by atoms with Crippen LogP contribution in [0.5, 0.6) is 0 Å². The van der Waals surface area contributed by atoms with E-state index in [1.165, 1.54) is 6.33 Å². The van der Waals surface area contributed by atoms with Gasteiger partial charge in [-0.2, -0.15) is 0 Å². The number of halogens is 2. The summed E-state index contributed by atoms with van der Waals surface area (Å²) in [6.45, 7) is 2.75. The third-order valence-electron chi connectivity index (χ3n) is 2.90. The van der Waals surface area contributed by atoms with Crippen molar-refractivity contribution in [2.75, 3.05) is 31.1 Å². The summed E-state index contributed by atoms with van der Waals surface area (Å²) in [6.07, 6.45) is 3.23. The van der Waals surface area contributed by atoms with Crippen LogP contribution in [-0.2, 0) is 4.74 Å². The molecule has 0 bridgehead atoms. The van der Waals surface area contributed by atoms with E-state index in [0.29, 0.717) is 18.8 Å². The molecule has 1 atom stereocenters. The van der Waals surface area contributed by atoms with Crippen LogP contribution in [0.3, 0.4) is 0 Å². The van der Waals surface area contributed by atoms with Crippen molar-refractivity contribution in [2.24, 2.45) is 5.73 Å². The summed E-state index contributed by atoms with van der Waals surface area (Å²) in [6, 6.07) is 0. The number of hydrogen-bond acceptors (Lipinski definition) is 6. The Balaban J connectivity index is 0.000000902. The molecule has 0 amide bonds. The van der Waals surface area contributed by atoms with Gasteiger partial charge in [-0.1, -0.05) is 0 Å². The summed E-state index contributed by atoms with van der Waals surface area (Å²) in [4.78, 5) is 17.8. The summed E-state index contributed by atoms with van der Waals surface area (Å²) in [5.74, 6) is 0.870. The number of anilines is 1. The van der Waals surface area contributed by atoms with Crippen molar-refractivity contribution in [1.29, 1.82) is 0 Å². The van der Waals surface area contributed by atoms with E-state index in [9.17, 15) is 0 Å². The summed E-state index contributed by atoms with van der Waals surface area (Å²) < 4.78 is 5.54. The van der Waals surface area contributed by atoms with Crippen LogP contribution in [0, 0.1) is 0 Å². The molecule has 3 rings (SSSR count). The minimum atomic E-state index is 0. The molecule has 19 heavy (non-hydrogen) atoms. The molecule has 1 fully saturated rings. The molecule has 0 spiro atoms. The summed E-state index contributed by atoms with van der Waals surface area (Å²) in [5.41, 5.74) is 7.18. The maximum atomic E-state index is 5.63. The molecule has 2 aromatic heterocycles. The average Bonchev–Trinajstić information content (AvgIpc) is 2.87. The summed E-state index contributed by atoms with van der Waals surface area (Å²) in [7, 11) is 0. The van der Waals surface area contributed by atoms with E-state index in [1.54, 1.807) is 6.33 Å². The first kappa shape index (κ1) is 15.9. The second kappa shape index (κ2) is 6.85. The van der Waals surface area contributed by atoms with Gasteiger partial charge in [0.05, 0.1) is 19.0 Å². The smallest absolute Gasteiger partial charge is 0.182 e. The highest BCUT2D eigenvalue weighted by Gasteiger charge is 2.22. The third-order valence-corrected chi connectivity index (χ3v) is 2.90. The quantitative estimate of drug-likeness (QED) is 0.832. The molecule has 0 aliphatic carbocycles. The van der Waals surface area contributed by atoms with E-state index >= 15 is 0 Å². The van der Waals surface area contributed by atoms with Crippen molar-refractivity contribution in [3.8, 4) is 0 Å². The van der Waals surface area contributed by atoms with Crippen LogP contribution in [-0.4, -0.2) is 52.3 Å². The van der Waals surface area contributed by atoms with Crippen LogP contribution in [0.25, 0.3) is 11.2 Å². The van der Waals surface area contributed by atoms with Crippen LogP contribution < -0.4 is 10.6 Å². The number of aromatic amines is 1. The number of morpholine rings is 1. The predicted molar refractivity (Wildman–Crippen MR) is 77.2 cm³/mol. The van der Waals surface area contributed by atoms with Gasteiger partial charge in [0.15, 0.2) is 11.5 Å². The monoisotopic (exact) mass is 306 g/mol. The number of nitrogens with two attached hydrogens (primary N) is 1. The van der Waals surface area contributed by atoms with Gasteiger partial charge in [0.2, 0.25) is 0 Å². The Bertz CT molecular complexity index is 521. The van der Waals surface area contributed by atoms with Gasteiger partial charge in [-0.3, -0.25) is 0 Å². The summed E-state index contributed by atoms with van der Waals surface area (Å²) in [5, 5.41) is 0. The van der Waals surface area contributed by atoms with Crippen molar-refractivity contribution >= 4 is 41.8 Å². The van der Waals surface area contributed by atoms with E-state index in [0.717, 1.165) is 24.4 Å². The Labute approximate surface area is 122 Å². The van der Waals surface area contributed by atoms with E-state index in [2.05, 4.69) is 24.8 Å². The third kappa shape index (κ3) is 3.06. The fourth-order valence-corrected chi connectivity index (χ4v) is 2.05. The van der Waals surface area contributed by atoms with Gasteiger partial charge < -0.3 is 20.4 Å². The van der Waals surface area contributed by atoms with Gasteiger partial charge in [-0.25, -0.2) is 15.0 Å². The van der Waals surface area contributed by atoms with Crippen LogP contribution in [0.4, 0.5) is 5.82 Å². The van der Waals surface area contributed by atoms with E-state index < -0.39 is 0 Å². The Morgan fingerprint density at radius 3 is 3.00 bits per heavy atom. The lowest BCUT2D eigenvalue weighted by Crippen LogP contribution is -2.46. The minimum absolute atomic E-state index is 0. The number of ether oxygens (including phenoxy) is 1. The Morgan fingerprint density at radius 1 is 1.37 bits per heavy atom. The molecule has 1 aliphatic rings. The van der Waals surface area contributed by atoms with Crippen molar-refractivity contribution in [1.82, 2.24) is 19.9 Å². The molecule has 3 N–H and O–H groups in total. The highest BCUT2D eigenvalue weighted by atomic mass is 35.5. The molecule has 2 aromatic rings. The fourth-order valence-electron chi connectivity index (χ4n) is 2.05. The largest absolute Gasteiger partial charge is 0.373 e. The molecule has 106 valence electrons. The van der Waals surface area contributed by atoms with Crippen molar-refractivity contribution in [3.63, 3.8) is 0 Å². The lowest BCUT2D eigenvalue weighted by Gasteiger charge is -2.33. The average molecular weight is 307 g/mol. The highest BCUT2D eigenvalue weighted by Crippen LogP contribution is 2.21. The Morgan fingerprint density at radius 2 is 2.21 bits per heavy atom. The topological polar surface area (TPSA) is 93.0 Å². The molecule has 3 heterocycles. The lowest BCUT2D eigenvalue weighted by atomic mass is 10.2. The van der Waals surface area contributed by atoms with Crippen LogP contribution in [0.2, 0.25) is 0 Å². The second-order valence-corrected chi connectivity index (χ2v) is 3.97. The zero-order chi connectivity index (χ0) is 11.7. The van der Waals surface area contributed by atoms with Gasteiger partial charge in [-0.05, 0) is 0 Å². The standard InChI is InChI=1S/C10H14N6O.2ClH/c11-3-7-4-16(1-2-17-7)10-8-9(13-5-12-8)14-6-15-10;;/h5-7H,1-4,11H2,(H,12,13,14,15);2*1H. The van der Waals surface area contributed by atoms with Gasteiger partial charge >= 0.3 is 0 Å². The predicted octanol–water partition coefficient (Wildman–Crippen LogP) is 0.360. The van der Waals surface area contributed by atoms with Crippen LogP contribution >= 0.6 is 24.8 Å². The fraction of sp³-hybridized carbons (Fsp3) is 0.500. The van der Waals surface area contributed by atoms with Crippen molar-refractivity contribution < 1.29 is 4.74 Å². The number of H-pyrrole nitrogens is 1. The molecule has 9 heteroatoms. The minimum Gasteiger partial charge on any atom is -0.373 e. The first-order chi connectivity index (χ1) is 8.38. The number of aromatic nitrogens is 4. The highest BCUT2D eigenvalue weighted by molar-refractivity contribution is 5.85. The van der Waals surface area contributed by atoms with Crippen molar-refractivity contribution in [3.05, 3.63) is 12.7 Å². The Kier molecular flexibility index (Phi) is 5.74. The Hall–Kier alpha value is -1.15. The molecule has 7 nitrogen and oxygen atoms in total. The maximum Gasteiger partial charge on any atom is 0.182 e. The molecular weight excluding hydrogens is 291 g/mol. The van der Waals surface area contributed by atoms with Crippen LogP contribution in [0.1, 0.15) is 0 Å². The van der Waals surface area contributed by atoms with Gasteiger partial charge in [-0.15, -0.1) is 24.8 Å². The molecule has 0 aromatic carbocycles. The maximum absolute atomic E-state index is 5.63. The summed E-state index contributed by atoms with van der Waals surface area (Å²) >= 11 is 0. The van der Waals surface area contributed by atoms with E-state index in [4.69, 9.17) is 10.5 Å². The van der Waals surface area contributed by atoms with Gasteiger partial charge in [0.1, 0.15) is 11.8 Å². The molecular formula is C10H16Cl2N6O. The molecule has 1 unspecified atom stereocenters. The molecule has 1 saturated heterocycles. The normalized spacial score (nSPS) is 18.8. The molecule has 0 radical (unpaired) electrons. The number of nitrogens with zero attached hydrogens (tertiary/aromatic N) is 4. The number of hydrogen-bond donors (Lipinski definition) is 2. The number of nitrogens with one attached hydrogen (secondary N) is 1. The van der Waals surface area contributed by atoms with Crippen LogP contribution in [0.15, 0.2) is 12.7 Å². The second-order valence-electron chi connectivity index (χ2n) is 3.97. The van der Waals surface area contributed by atoms with E-state index in [-0.39, 0.29) is 30.9 Å². The van der Waals surface area contributed by atoms with Crippen molar-refractivity contribution in [2.45, 2.75) is 6.10 Å². The van der Waals surface area contributed by atoms with Gasteiger partial charge in [0.25, 0.3) is 0 Å². The number of rotatable bonds is 2. The SMILES string of the molecule is Cl.Cl.NCC1CN(c2ncnc3nc[nH]c23)CCO1. The zero-order valence-electron chi connectivity index (χ0n) is 10.2. The zero-order valence-corrected chi connectivity index (χ0v) is 11.8.